The van der Waals surface area contributed by atoms with Crippen LogP contribution in [0.1, 0.15) is 39.7 Å². The highest BCUT2D eigenvalue weighted by Crippen LogP contribution is 2.37. The number of benzene rings is 2. The van der Waals surface area contributed by atoms with Crippen LogP contribution < -0.4 is 0 Å². The average Bonchev–Trinajstić information content (AvgIpc) is 3.38. The smallest absolute Gasteiger partial charge is 0.425 e. The van der Waals surface area contributed by atoms with Crippen molar-refractivity contribution in [1.82, 2.24) is 0 Å². The molecule has 2 aromatic carbocycles. The van der Waals surface area contributed by atoms with Crippen LogP contribution in [0.25, 0.3) is 0 Å². The summed E-state index contributed by atoms with van der Waals surface area (Å²) in [5.41, 5.74) is 0.762. The largest absolute Gasteiger partial charge is 0.509 e. The summed E-state index contributed by atoms with van der Waals surface area (Å²) in [5, 5.41) is 1.89. The summed E-state index contributed by atoms with van der Waals surface area (Å²) >= 11 is 1.44. The maximum Gasteiger partial charge on any atom is 0.509 e. The molecule has 0 aliphatic carbocycles. The van der Waals surface area contributed by atoms with Crippen LogP contribution in [-0.4, -0.2) is 48.7 Å². The number of ether oxygens (including phenoxy) is 2. The molecule has 0 N–H and O–H groups in total. The Morgan fingerprint density at radius 3 is 2.20 bits per heavy atom. The second-order valence-electron chi connectivity index (χ2n) is 9.38. The molecule has 3 aliphatic rings. The third kappa shape index (κ3) is 5.28. The Bertz CT molecular complexity index is 1160. The van der Waals surface area contributed by atoms with E-state index in [-0.39, 0.29) is 17.8 Å². The molecule has 0 amide bonds. The molecule has 2 bridgehead atoms. The van der Waals surface area contributed by atoms with Gasteiger partial charge in [-0.25, -0.2) is 13.6 Å². The summed E-state index contributed by atoms with van der Waals surface area (Å²) in [6.07, 6.45) is -0.537. The van der Waals surface area contributed by atoms with Crippen molar-refractivity contribution in [3.63, 3.8) is 0 Å². The van der Waals surface area contributed by atoms with Crippen molar-refractivity contribution in [2.24, 2.45) is 5.92 Å². The molecule has 182 valence electrons. The van der Waals surface area contributed by atoms with Crippen molar-refractivity contribution in [2.45, 2.75) is 25.0 Å². The molecule has 8 heteroatoms. The number of hydrogen-bond donors (Lipinski definition) is 0. The monoisotopic (exact) mass is 498 g/mol. The van der Waals surface area contributed by atoms with E-state index in [1.807, 2.05) is 17.5 Å². The number of ketones is 1. The van der Waals surface area contributed by atoms with Crippen molar-refractivity contribution in [1.29, 1.82) is 0 Å². The Labute approximate surface area is 206 Å². The number of carbonyl (C=O) groups is 2. The first-order valence-corrected chi connectivity index (χ1v) is 12.6. The van der Waals surface area contributed by atoms with Crippen LogP contribution >= 0.6 is 11.3 Å². The summed E-state index contributed by atoms with van der Waals surface area (Å²) in [6, 6.07) is 15.1. The molecule has 3 aliphatic heterocycles. The zero-order chi connectivity index (χ0) is 24.4. The summed E-state index contributed by atoms with van der Waals surface area (Å²) in [4.78, 5) is 26.5. The highest BCUT2D eigenvalue weighted by Gasteiger charge is 2.49. The second-order valence-corrected chi connectivity index (χ2v) is 10.3. The third-order valence-electron chi connectivity index (χ3n) is 7.08. The first kappa shape index (κ1) is 23.6. The Morgan fingerprint density at radius 2 is 1.63 bits per heavy atom. The lowest BCUT2D eigenvalue weighted by atomic mass is 9.83. The normalized spacial score (nSPS) is 23.3. The number of halogens is 2. The van der Waals surface area contributed by atoms with E-state index in [1.165, 1.54) is 47.7 Å². The van der Waals surface area contributed by atoms with Crippen LogP contribution in [0.2, 0.25) is 0 Å². The molecular formula is C27H26F2NO4S+. The van der Waals surface area contributed by atoms with Gasteiger partial charge in [0, 0.05) is 29.9 Å². The first-order chi connectivity index (χ1) is 16.9. The average molecular weight is 499 g/mol. The predicted molar refractivity (Wildman–Crippen MR) is 127 cm³/mol. The fourth-order valence-electron chi connectivity index (χ4n) is 5.31. The van der Waals surface area contributed by atoms with Crippen molar-refractivity contribution in [3.8, 4) is 0 Å². The molecular weight excluding hydrogens is 472 g/mol. The zero-order valence-electron chi connectivity index (χ0n) is 19.1. The van der Waals surface area contributed by atoms with Crippen molar-refractivity contribution >= 4 is 23.3 Å². The minimum absolute atomic E-state index is 0.110. The highest BCUT2D eigenvalue weighted by molar-refractivity contribution is 7.12. The molecule has 0 spiro atoms. The quantitative estimate of drug-likeness (QED) is 0.236. The van der Waals surface area contributed by atoms with Gasteiger partial charge in [-0.2, -0.15) is 0 Å². The van der Waals surface area contributed by atoms with E-state index in [0.717, 1.165) is 30.8 Å². The van der Waals surface area contributed by atoms with E-state index in [4.69, 9.17) is 9.47 Å². The van der Waals surface area contributed by atoms with Gasteiger partial charge in [0.25, 0.3) is 0 Å². The molecule has 6 rings (SSSR count). The maximum absolute atomic E-state index is 13.9. The number of carbonyl (C=O) groups excluding carboxylic acids is 2. The van der Waals surface area contributed by atoms with Gasteiger partial charge in [0.2, 0.25) is 5.78 Å². The van der Waals surface area contributed by atoms with E-state index in [0.29, 0.717) is 28.7 Å². The molecule has 3 aromatic rings. The number of fused-ring (bicyclic) bond motifs is 3. The predicted octanol–water partition coefficient (Wildman–Crippen LogP) is 5.76. The number of nitrogens with zero attached hydrogens (tertiary/aromatic N) is 1. The van der Waals surface area contributed by atoms with Crippen LogP contribution in [0.15, 0.2) is 66.0 Å². The topological polar surface area (TPSA) is 52.6 Å². The number of quaternary nitrogens is 1. The lowest BCUT2D eigenvalue weighted by Crippen LogP contribution is -2.65. The number of hydrogen-bond acceptors (Lipinski definition) is 5. The number of Topliss-reactive ketones (excluding diaryl/α,β-unsaturated/α-hetero) is 1. The molecule has 35 heavy (non-hydrogen) atoms. The van der Waals surface area contributed by atoms with Gasteiger partial charge in [-0.1, -0.05) is 30.3 Å². The lowest BCUT2D eigenvalue weighted by Gasteiger charge is -2.51. The zero-order valence-corrected chi connectivity index (χ0v) is 19.9. The Morgan fingerprint density at radius 1 is 0.971 bits per heavy atom. The molecule has 0 radical (unpaired) electrons. The van der Waals surface area contributed by atoms with Crippen LogP contribution in [-0.2, 0) is 9.47 Å². The fraction of sp³-hybridized carbons (Fsp3) is 0.333. The molecule has 3 fully saturated rings. The van der Waals surface area contributed by atoms with Crippen molar-refractivity contribution < 1.29 is 32.3 Å². The van der Waals surface area contributed by atoms with Gasteiger partial charge in [0.05, 0.1) is 18.0 Å². The minimum atomic E-state index is -1.02. The summed E-state index contributed by atoms with van der Waals surface area (Å²) < 4.78 is 39.8. The van der Waals surface area contributed by atoms with Crippen LogP contribution in [0.5, 0.6) is 0 Å². The molecule has 3 saturated heterocycles. The Hall–Kier alpha value is -3.10. The van der Waals surface area contributed by atoms with Crippen molar-refractivity contribution in [2.75, 3.05) is 26.2 Å². The van der Waals surface area contributed by atoms with Crippen LogP contribution in [0, 0.1) is 17.6 Å². The highest BCUT2D eigenvalue weighted by atomic mass is 32.1. The molecule has 0 saturated carbocycles. The van der Waals surface area contributed by atoms with E-state index < -0.39 is 23.9 Å². The van der Waals surface area contributed by atoms with Gasteiger partial charge in [-0.15, -0.1) is 11.3 Å². The number of rotatable bonds is 7. The van der Waals surface area contributed by atoms with Gasteiger partial charge in [0.1, 0.15) is 24.7 Å². The minimum Gasteiger partial charge on any atom is -0.425 e. The van der Waals surface area contributed by atoms with E-state index in [1.54, 1.807) is 12.1 Å². The maximum atomic E-state index is 13.9. The Kier molecular flexibility index (Phi) is 6.67. The van der Waals surface area contributed by atoms with Gasteiger partial charge < -0.3 is 14.0 Å². The number of piperidine rings is 3. The fourth-order valence-corrected chi connectivity index (χ4v) is 5.97. The van der Waals surface area contributed by atoms with Crippen LogP contribution in [0.4, 0.5) is 13.6 Å². The lowest BCUT2D eigenvalue weighted by molar-refractivity contribution is -0.938. The molecule has 0 unspecified atom stereocenters. The van der Waals surface area contributed by atoms with Crippen LogP contribution in [0.3, 0.4) is 0 Å². The van der Waals surface area contributed by atoms with E-state index in [9.17, 15) is 18.4 Å². The summed E-state index contributed by atoms with van der Waals surface area (Å²) in [6.45, 7) is 2.70. The molecule has 1 aromatic heterocycles. The molecule has 5 nitrogen and oxygen atoms in total. The third-order valence-corrected chi connectivity index (χ3v) is 7.99. The second kappa shape index (κ2) is 9.87. The summed E-state index contributed by atoms with van der Waals surface area (Å²) in [5.74, 6) is -0.652. The molecule has 4 heterocycles. The Balaban J connectivity index is 1.30. The molecule has 1 atom stereocenters. The van der Waals surface area contributed by atoms with Gasteiger partial charge in [-0.05, 0) is 35.7 Å². The standard InChI is InChI=1S/C27H26F2NO4S/c28-21-6-1-4-19(14-21)26(20-5-2-7-22(29)15-20)34-27(32)33-24-17-30(11-9-18(24)10-12-30)16-23(31)25-8-3-13-35-25/h1-8,13-15,18,24,26H,9-12,16-17H2/q+1/t18?,24-,30?/m0/s1. The van der Waals surface area contributed by atoms with E-state index in [2.05, 4.69) is 0 Å². The van der Waals surface area contributed by atoms with Gasteiger partial charge >= 0.3 is 6.16 Å². The SMILES string of the molecule is O=C(OC(c1cccc(F)c1)c1cccc(F)c1)O[C@H]1C[N+]2(CC(=O)c3cccs3)CCC1CC2. The first-order valence-electron chi connectivity index (χ1n) is 11.7. The van der Waals surface area contributed by atoms with E-state index >= 15 is 0 Å². The van der Waals surface area contributed by atoms with Crippen molar-refractivity contribution in [3.05, 3.63) is 93.7 Å². The van der Waals surface area contributed by atoms with Gasteiger partial charge in [0.15, 0.2) is 12.2 Å². The van der Waals surface area contributed by atoms with Gasteiger partial charge in [-0.3, -0.25) is 4.79 Å². The number of thiophene rings is 1. The summed E-state index contributed by atoms with van der Waals surface area (Å²) in [7, 11) is 0.